The van der Waals surface area contributed by atoms with Crippen LogP contribution in [0.15, 0.2) is 54.6 Å². The molecule has 30 heavy (non-hydrogen) atoms. The quantitative estimate of drug-likeness (QED) is 0.692. The van der Waals surface area contributed by atoms with E-state index in [4.69, 9.17) is 17.0 Å². The van der Waals surface area contributed by atoms with Gasteiger partial charge in [-0.3, -0.25) is 14.9 Å². The third-order valence-corrected chi connectivity index (χ3v) is 5.00. The summed E-state index contributed by atoms with van der Waals surface area (Å²) < 4.78 is 5.44. The zero-order chi connectivity index (χ0) is 21.3. The van der Waals surface area contributed by atoms with Crippen LogP contribution in [0.1, 0.15) is 13.3 Å². The van der Waals surface area contributed by atoms with E-state index in [0.29, 0.717) is 25.3 Å². The topological polar surface area (TPSA) is 73.9 Å². The molecule has 1 fully saturated rings. The van der Waals surface area contributed by atoms with Gasteiger partial charge >= 0.3 is 0 Å². The Kier molecular flexibility index (Phi) is 7.62. The van der Waals surface area contributed by atoms with Crippen LogP contribution in [0.25, 0.3) is 0 Å². The van der Waals surface area contributed by atoms with E-state index in [9.17, 15) is 9.59 Å². The lowest BCUT2D eigenvalue weighted by Crippen LogP contribution is -2.48. The highest BCUT2D eigenvalue weighted by Gasteiger charge is 2.21. The molecule has 0 spiro atoms. The third kappa shape index (κ3) is 5.93. The van der Waals surface area contributed by atoms with E-state index >= 15 is 0 Å². The molecule has 0 atom stereocenters. The Balaban J connectivity index is 1.53. The zero-order valence-corrected chi connectivity index (χ0v) is 17.8. The minimum absolute atomic E-state index is 0.124. The van der Waals surface area contributed by atoms with E-state index < -0.39 is 0 Å². The largest absolute Gasteiger partial charge is 0.484 e. The van der Waals surface area contributed by atoms with E-state index in [1.807, 2.05) is 54.3 Å². The Morgan fingerprint density at radius 2 is 1.67 bits per heavy atom. The van der Waals surface area contributed by atoms with Gasteiger partial charge < -0.3 is 19.9 Å². The first kappa shape index (κ1) is 21.6. The molecule has 1 heterocycles. The molecule has 0 bridgehead atoms. The maximum Gasteiger partial charge on any atom is 0.264 e. The second kappa shape index (κ2) is 10.6. The van der Waals surface area contributed by atoms with Gasteiger partial charge in [0, 0.05) is 32.6 Å². The summed E-state index contributed by atoms with van der Waals surface area (Å²) in [5.74, 6) is 0.473. The van der Waals surface area contributed by atoms with Crippen LogP contribution >= 0.6 is 12.2 Å². The second-order valence-electron chi connectivity index (χ2n) is 6.84. The summed E-state index contributed by atoms with van der Waals surface area (Å²) in [5.41, 5.74) is 1.79. The molecule has 1 aliphatic rings. The van der Waals surface area contributed by atoms with Crippen molar-refractivity contribution >= 4 is 40.5 Å². The molecule has 2 aromatic carbocycles. The molecule has 3 rings (SSSR count). The van der Waals surface area contributed by atoms with E-state index in [2.05, 4.69) is 15.5 Å². The number of carbonyl (C=O) groups excluding carboxylic acids is 2. The molecule has 1 aliphatic heterocycles. The number of nitrogens with one attached hydrogen (secondary N) is 2. The maximum atomic E-state index is 12.1. The lowest BCUT2D eigenvalue weighted by molar-refractivity contribution is -0.131. The molecule has 7 nitrogen and oxygen atoms in total. The van der Waals surface area contributed by atoms with Gasteiger partial charge in [-0.25, -0.2) is 0 Å². The molecular formula is C22H26N4O3S. The molecule has 2 aromatic rings. The maximum absolute atomic E-state index is 12.1. The van der Waals surface area contributed by atoms with Crippen LogP contribution in [0.2, 0.25) is 0 Å². The normalized spacial score (nSPS) is 13.5. The molecule has 0 radical (unpaired) electrons. The van der Waals surface area contributed by atoms with Gasteiger partial charge in [0.25, 0.3) is 5.91 Å². The van der Waals surface area contributed by atoms with Gasteiger partial charge in [-0.15, -0.1) is 0 Å². The van der Waals surface area contributed by atoms with Gasteiger partial charge in [0.2, 0.25) is 5.91 Å². The van der Waals surface area contributed by atoms with Crippen LogP contribution < -0.4 is 20.3 Å². The number of benzene rings is 2. The number of thiocarbonyl (C=S) groups is 1. The van der Waals surface area contributed by atoms with Crippen molar-refractivity contribution in [2.75, 3.05) is 43.0 Å². The molecule has 8 heteroatoms. The van der Waals surface area contributed by atoms with Gasteiger partial charge in [-0.05, 0) is 36.5 Å². The van der Waals surface area contributed by atoms with E-state index in [1.165, 1.54) is 0 Å². The predicted molar refractivity (Wildman–Crippen MR) is 122 cm³/mol. The minimum Gasteiger partial charge on any atom is -0.484 e. The number of anilines is 2. The van der Waals surface area contributed by atoms with Crippen molar-refractivity contribution in [3.8, 4) is 5.75 Å². The standard InChI is InChI=1S/C22H26N4O3S/c1-2-21(28)26-14-12-25(13-15-26)19-11-7-6-10-18(19)23-22(30)24-20(27)16-29-17-8-4-3-5-9-17/h3-11H,2,12-16H2,1H3,(H2,23,24,27,30). The average Bonchev–Trinajstić information content (AvgIpc) is 2.78. The van der Waals surface area contributed by atoms with Gasteiger partial charge in [-0.1, -0.05) is 37.3 Å². The van der Waals surface area contributed by atoms with Crippen LogP contribution in [0.5, 0.6) is 5.75 Å². The van der Waals surface area contributed by atoms with Gasteiger partial charge in [-0.2, -0.15) is 0 Å². The Hall–Kier alpha value is -3.13. The van der Waals surface area contributed by atoms with E-state index in [0.717, 1.165) is 24.5 Å². The number of hydrogen-bond donors (Lipinski definition) is 2. The fourth-order valence-corrected chi connectivity index (χ4v) is 3.48. The van der Waals surface area contributed by atoms with Crippen molar-refractivity contribution in [1.29, 1.82) is 0 Å². The van der Waals surface area contributed by atoms with E-state index in [1.54, 1.807) is 12.1 Å². The zero-order valence-electron chi connectivity index (χ0n) is 17.0. The summed E-state index contributed by atoms with van der Waals surface area (Å²) in [4.78, 5) is 28.1. The van der Waals surface area contributed by atoms with Crippen molar-refractivity contribution in [3.63, 3.8) is 0 Å². The molecule has 0 aliphatic carbocycles. The van der Waals surface area contributed by atoms with Crippen LogP contribution in [0.3, 0.4) is 0 Å². The smallest absolute Gasteiger partial charge is 0.264 e. The molecular weight excluding hydrogens is 400 g/mol. The fourth-order valence-electron chi connectivity index (χ4n) is 3.26. The average molecular weight is 427 g/mol. The van der Waals surface area contributed by atoms with Gasteiger partial charge in [0.05, 0.1) is 11.4 Å². The number of nitrogens with zero attached hydrogens (tertiary/aromatic N) is 2. The highest BCUT2D eigenvalue weighted by molar-refractivity contribution is 7.80. The Morgan fingerprint density at radius 3 is 2.37 bits per heavy atom. The van der Waals surface area contributed by atoms with Crippen LogP contribution in [-0.2, 0) is 9.59 Å². The number of ether oxygens (including phenoxy) is 1. The highest BCUT2D eigenvalue weighted by Crippen LogP contribution is 2.26. The number of rotatable bonds is 6. The Morgan fingerprint density at radius 1 is 1.00 bits per heavy atom. The molecule has 158 valence electrons. The summed E-state index contributed by atoms with van der Waals surface area (Å²) in [6.45, 7) is 4.63. The SMILES string of the molecule is CCC(=O)N1CCN(c2ccccc2NC(=S)NC(=O)COc2ccccc2)CC1. The monoisotopic (exact) mass is 426 g/mol. The second-order valence-corrected chi connectivity index (χ2v) is 7.25. The van der Waals surface area contributed by atoms with Crippen LogP contribution in [-0.4, -0.2) is 54.6 Å². The number of hydrogen-bond acceptors (Lipinski definition) is 5. The molecule has 0 aromatic heterocycles. The summed E-state index contributed by atoms with van der Waals surface area (Å²) in [5, 5.41) is 5.96. The van der Waals surface area contributed by atoms with Crippen molar-refractivity contribution in [2.45, 2.75) is 13.3 Å². The van der Waals surface area contributed by atoms with Crippen molar-refractivity contribution in [1.82, 2.24) is 10.2 Å². The highest BCUT2D eigenvalue weighted by atomic mass is 32.1. The fraction of sp³-hybridized carbons (Fsp3) is 0.318. The van der Waals surface area contributed by atoms with Crippen molar-refractivity contribution in [2.24, 2.45) is 0 Å². The van der Waals surface area contributed by atoms with Gasteiger partial charge in [0.1, 0.15) is 5.75 Å². The minimum atomic E-state index is -0.333. The van der Waals surface area contributed by atoms with Crippen LogP contribution in [0, 0.1) is 0 Å². The molecule has 0 unspecified atom stereocenters. The number of amides is 2. The lowest BCUT2D eigenvalue weighted by atomic mass is 10.2. The molecule has 1 saturated heterocycles. The lowest BCUT2D eigenvalue weighted by Gasteiger charge is -2.37. The van der Waals surface area contributed by atoms with Crippen molar-refractivity contribution < 1.29 is 14.3 Å². The summed E-state index contributed by atoms with van der Waals surface area (Å²) in [6.07, 6.45) is 0.528. The van der Waals surface area contributed by atoms with E-state index in [-0.39, 0.29) is 23.5 Å². The first-order valence-corrected chi connectivity index (χ1v) is 10.4. The first-order valence-electron chi connectivity index (χ1n) is 9.97. The molecule has 0 saturated carbocycles. The first-order chi connectivity index (χ1) is 14.6. The molecule has 2 N–H and O–H groups in total. The van der Waals surface area contributed by atoms with Gasteiger partial charge in [0.15, 0.2) is 11.7 Å². The number of para-hydroxylation sites is 3. The Bertz CT molecular complexity index is 883. The van der Waals surface area contributed by atoms with Crippen LogP contribution in [0.4, 0.5) is 11.4 Å². The summed E-state index contributed by atoms with van der Waals surface area (Å²) >= 11 is 5.30. The predicted octanol–water partition coefficient (Wildman–Crippen LogP) is 2.64. The molecule has 2 amide bonds. The number of piperazine rings is 1. The third-order valence-electron chi connectivity index (χ3n) is 4.79. The van der Waals surface area contributed by atoms with Crippen molar-refractivity contribution in [3.05, 3.63) is 54.6 Å². The summed E-state index contributed by atoms with van der Waals surface area (Å²) in [7, 11) is 0. The number of carbonyl (C=O) groups is 2. The Labute approximate surface area is 182 Å². The summed E-state index contributed by atoms with van der Waals surface area (Å²) in [6, 6.07) is 16.9.